The summed E-state index contributed by atoms with van der Waals surface area (Å²) >= 11 is 12.0. The second-order valence-electron chi connectivity index (χ2n) is 6.48. The highest BCUT2D eigenvalue weighted by atomic mass is 35.5. The molecule has 3 nitrogen and oxygen atoms in total. The van der Waals surface area contributed by atoms with Gasteiger partial charge in [-0.3, -0.25) is 0 Å². The van der Waals surface area contributed by atoms with Crippen molar-refractivity contribution in [3.05, 3.63) is 57.7 Å². The third-order valence-corrected chi connectivity index (χ3v) is 5.36. The molecule has 1 atom stereocenters. The average molecular weight is 366 g/mol. The van der Waals surface area contributed by atoms with E-state index in [0.29, 0.717) is 11.7 Å². The van der Waals surface area contributed by atoms with Gasteiger partial charge in [0.05, 0.1) is 0 Å². The van der Waals surface area contributed by atoms with Crippen LogP contribution in [0, 0.1) is 0 Å². The van der Waals surface area contributed by atoms with E-state index < -0.39 is 0 Å². The highest BCUT2D eigenvalue weighted by Crippen LogP contribution is 2.38. The first-order chi connectivity index (χ1) is 12.1. The van der Waals surface area contributed by atoms with Crippen LogP contribution in [0.25, 0.3) is 39.0 Å². The quantitative estimate of drug-likeness (QED) is 0.467. The van der Waals surface area contributed by atoms with Crippen LogP contribution in [0.1, 0.15) is 24.8 Å². The van der Waals surface area contributed by atoms with E-state index in [1.807, 2.05) is 6.07 Å². The summed E-state index contributed by atoms with van der Waals surface area (Å²) < 4.78 is 0. The molecule has 0 radical (unpaired) electrons. The Bertz CT molecular complexity index is 1200. The van der Waals surface area contributed by atoms with Crippen LogP contribution >= 0.6 is 23.2 Å². The lowest BCUT2D eigenvalue weighted by Crippen LogP contribution is -2.12. The second-order valence-corrected chi connectivity index (χ2v) is 7.16. The lowest BCUT2D eigenvalue weighted by molar-refractivity contribution is 0.803. The number of halogens is 2. The van der Waals surface area contributed by atoms with Crippen molar-refractivity contribution in [1.82, 2.24) is 15.0 Å². The fraction of sp³-hybridized carbons (Fsp3) is 0.150. The summed E-state index contributed by atoms with van der Waals surface area (Å²) in [6.45, 7) is 2.28. The van der Waals surface area contributed by atoms with Gasteiger partial charge in [0.25, 0.3) is 0 Å². The number of hydrogen-bond donors (Lipinski definition) is 0. The zero-order chi connectivity index (χ0) is 17.1. The molecule has 1 aromatic heterocycles. The molecule has 0 bridgehead atoms. The Morgan fingerprint density at radius 2 is 1.64 bits per heavy atom. The molecule has 0 saturated heterocycles. The van der Waals surface area contributed by atoms with Crippen molar-refractivity contribution in [3.8, 4) is 11.4 Å². The largest absolute Gasteiger partial charge is 0.227 e. The van der Waals surface area contributed by atoms with Crippen LogP contribution in [0.15, 0.2) is 36.4 Å². The molecule has 1 aliphatic rings. The minimum absolute atomic E-state index is 0.103. The van der Waals surface area contributed by atoms with Crippen molar-refractivity contribution in [1.29, 1.82) is 0 Å². The summed E-state index contributed by atoms with van der Waals surface area (Å²) in [7, 11) is 0. The molecule has 0 fully saturated rings. The molecule has 5 rings (SSSR count). The van der Waals surface area contributed by atoms with Gasteiger partial charge >= 0.3 is 0 Å². The van der Waals surface area contributed by atoms with Crippen LogP contribution in [0.2, 0.25) is 10.6 Å². The van der Waals surface area contributed by atoms with Crippen LogP contribution in [0.4, 0.5) is 0 Å². The summed E-state index contributed by atoms with van der Waals surface area (Å²) in [6, 6.07) is 12.9. The molecule has 0 N–H and O–H groups in total. The molecule has 1 aliphatic carbocycles. The molecular formula is C20H13Cl2N3. The molecule has 4 aromatic rings. The Hall–Kier alpha value is -2.23. The number of nitrogens with zero attached hydrogens (tertiary/aromatic N) is 3. The smallest absolute Gasteiger partial charge is 0.198 e. The monoisotopic (exact) mass is 365 g/mol. The van der Waals surface area contributed by atoms with Crippen molar-refractivity contribution in [2.45, 2.75) is 19.3 Å². The number of benzene rings is 3. The third kappa shape index (κ3) is 2.23. The molecule has 1 heterocycles. The lowest BCUT2D eigenvalue weighted by Gasteiger charge is -2.20. The maximum atomic E-state index is 5.98. The van der Waals surface area contributed by atoms with Gasteiger partial charge < -0.3 is 0 Å². The predicted octanol–water partition coefficient (Wildman–Crippen LogP) is 5.16. The predicted molar refractivity (Wildman–Crippen MR) is 103 cm³/mol. The van der Waals surface area contributed by atoms with Gasteiger partial charge in [-0.25, -0.2) is 0 Å². The van der Waals surface area contributed by atoms with Crippen molar-refractivity contribution < 1.29 is 0 Å². The van der Waals surface area contributed by atoms with Gasteiger partial charge in [0.15, 0.2) is 5.82 Å². The molecule has 0 saturated carbocycles. The zero-order valence-electron chi connectivity index (χ0n) is 13.4. The maximum absolute atomic E-state index is 5.98. The lowest BCUT2D eigenvalue weighted by atomic mass is 9.84. The standard InChI is InChI=1S/C20H13Cl2N3/c1-10-2-3-11-4-5-12-6-7-15(18-23-19(21)25-20(22)24-18)14-9-8-13(10)16(11)17(12)14/h3-10H,2H2,1H3. The molecular weight excluding hydrogens is 353 g/mol. The Morgan fingerprint density at radius 3 is 2.44 bits per heavy atom. The number of aromatic nitrogens is 3. The highest BCUT2D eigenvalue weighted by Gasteiger charge is 2.19. The minimum Gasteiger partial charge on any atom is -0.198 e. The van der Waals surface area contributed by atoms with Crippen molar-refractivity contribution in [3.63, 3.8) is 0 Å². The second kappa shape index (κ2) is 5.38. The molecule has 0 aliphatic heterocycles. The first-order valence-electron chi connectivity index (χ1n) is 8.17. The maximum Gasteiger partial charge on any atom is 0.227 e. The van der Waals surface area contributed by atoms with Gasteiger partial charge in [-0.2, -0.15) is 15.0 Å². The van der Waals surface area contributed by atoms with E-state index in [2.05, 4.69) is 58.3 Å². The zero-order valence-corrected chi connectivity index (χ0v) is 14.9. The van der Waals surface area contributed by atoms with E-state index in [4.69, 9.17) is 23.2 Å². The fourth-order valence-corrected chi connectivity index (χ4v) is 4.22. The van der Waals surface area contributed by atoms with E-state index in [1.165, 1.54) is 26.9 Å². The van der Waals surface area contributed by atoms with Crippen molar-refractivity contribution in [2.24, 2.45) is 0 Å². The molecule has 0 amide bonds. The molecule has 3 aromatic carbocycles. The van der Waals surface area contributed by atoms with Crippen molar-refractivity contribution in [2.75, 3.05) is 0 Å². The van der Waals surface area contributed by atoms with Crippen LogP contribution in [0.3, 0.4) is 0 Å². The van der Waals surface area contributed by atoms with Gasteiger partial charge in [0.1, 0.15) is 0 Å². The van der Waals surface area contributed by atoms with Crippen LogP contribution in [0.5, 0.6) is 0 Å². The highest BCUT2D eigenvalue weighted by molar-refractivity contribution is 6.31. The van der Waals surface area contributed by atoms with Gasteiger partial charge in [-0.1, -0.05) is 43.3 Å². The van der Waals surface area contributed by atoms with E-state index in [-0.39, 0.29) is 10.6 Å². The van der Waals surface area contributed by atoms with E-state index in [9.17, 15) is 0 Å². The van der Waals surface area contributed by atoms with Crippen molar-refractivity contribution >= 4 is 50.8 Å². The summed E-state index contributed by atoms with van der Waals surface area (Å²) in [5, 5.41) is 6.42. The Labute approximate surface area is 154 Å². The van der Waals surface area contributed by atoms with Crippen LogP contribution < -0.4 is 5.22 Å². The minimum atomic E-state index is 0.103. The Morgan fingerprint density at radius 1 is 0.880 bits per heavy atom. The SMILES string of the molecule is CC1CC=c2ccc3ccc(-c4nc(Cl)nc(Cl)n4)c4ccc1c2c34. The molecule has 0 spiro atoms. The first-order valence-corrected chi connectivity index (χ1v) is 8.93. The Kier molecular flexibility index (Phi) is 3.24. The number of rotatable bonds is 1. The van der Waals surface area contributed by atoms with Gasteiger partial charge in [-0.05, 0) is 73.9 Å². The molecule has 1 unspecified atom stereocenters. The molecule has 5 heteroatoms. The Balaban J connectivity index is 1.95. The molecule has 25 heavy (non-hydrogen) atoms. The van der Waals surface area contributed by atoms with Crippen LogP contribution in [-0.4, -0.2) is 15.0 Å². The third-order valence-electron chi connectivity index (χ3n) is 5.02. The fourth-order valence-electron chi connectivity index (χ4n) is 3.85. The number of hydrogen-bond acceptors (Lipinski definition) is 3. The van der Waals surface area contributed by atoms with E-state index in [1.54, 1.807) is 0 Å². The van der Waals surface area contributed by atoms with E-state index in [0.717, 1.165) is 17.4 Å². The molecule has 122 valence electrons. The van der Waals surface area contributed by atoms with E-state index >= 15 is 0 Å². The summed E-state index contributed by atoms with van der Waals surface area (Å²) in [5.74, 6) is 1.02. The average Bonchev–Trinajstić information content (AvgIpc) is 2.60. The normalized spacial score (nSPS) is 16.4. The van der Waals surface area contributed by atoms with Gasteiger partial charge in [0.2, 0.25) is 10.6 Å². The summed E-state index contributed by atoms with van der Waals surface area (Å²) in [6.07, 6.45) is 3.40. The van der Waals surface area contributed by atoms with Crippen LogP contribution in [-0.2, 0) is 0 Å². The van der Waals surface area contributed by atoms with Gasteiger partial charge in [-0.15, -0.1) is 0 Å². The summed E-state index contributed by atoms with van der Waals surface area (Å²) in [5.41, 5.74) is 2.32. The first kappa shape index (κ1) is 15.1. The topological polar surface area (TPSA) is 38.7 Å². The van der Waals surface area contributed by atoms with Gasteiger partial charge in [0, 0.05) is 5.56 Å². The summed E-state index contributed by atoms with van der Waals surface area (Å²) in [4.78, 5) is 12.4.